The first-order valence-corrected chi connectivity index (χ1v) is 5.96. The fraction of sp³-hybridized carbons (Fsp3) is 0.462. The smallest absolute Gasteiger partial charge is 0.254 e. The summed E-state index contributed by atoms with van der Waals surface area (Å²) in [6, 6.07) is 5.50. The first kappa shape index (κ1) is 12.9. The molecule has 0 radical (unpaired) electrons. The van der Waals surface area contributed by atoms with Gasteiger partial charge >= 0.3 is 0 Å². The van der Waals surface area contributed by atoms with Gasteiger partial charge in [-0.3, -0.25) is 4.79 Å². The third kappa shape index (κ3) is 2.32. The summed E-state index contributed by atoms with van der Waals surface area (Å²) in [6.07, 6.45) is -1.68. The van der Waals surface area contributed by atoms with E-state index < -0.39 is 12.2 Å². The van der Waals surface area contributed by atoms with Crippen LogP contribution in [0.3, 0.4) is 0 Å². The molecule has 1 aliphatic heterocycles. The standard InChI is InChI=1S/C13H18N2O3/c1-8-5-9(14-2)3-4-10(8)13(18)15-6-11(16)12(17)7-15/h3-5,11-12,14,16-17H,6-7H2,1-2H3. The Bertz CT molecular complexity index is 452. The van der Waals surface area contributed by atoms with Crippen molar-refractivity contribution in [2.45, 2.75) is 19.1 Å². The minimum Gasteiger partial charge on any atom is -0.388 e. The first-order valence-electron chi connectivity index (χ1n) is 5.96. The van der Waals surface area contributed by atoms with Crippen molar-refractivity contribution in [1.82, 2.24) is 4.90 Å². The van der Waals surface area contributed by atoms with E-state index in [-0.39, 0.29) is 19.0 Å². The Hall–Kier alpha value is -1.59. The van der Waals surface area contributed by atoms with Crippen molar-refractivity contribution in [2.24, 2.45) is 0 Å². The Balaban J connectivity index is 2.19. The van der Waals surface area contributed by atoms with Gasteiger partial charge in [0.15, 0.2) is 0 Å². The second-order valence-electron chi connectivity index (χ2n) is 4.62. The lowest BCUT2D eigenvalue weighted by atomic mass is 10.1. The molecule has 0 aromatic heterocycles. The van der Waals surface area contributed by atoms with Crippen LogP contribution in [0.5, 0.6) is 0 Å². The maximum absolute atomic E-state index is 12.2. The number of hydrogen-bond donors (Lipinski definition) is 3. The summed E-state index contributed by atoms with van der Waals surface area (Å²) < 4.78 is 0. The van der Waals surface area contributed by atoms with Crippen LogP contribution in [0.2, 0.25) is 0 Å². The molecule has 0 saturated carbocycles. The maximum atomic E-state index is 12.2. The molecule has 1 saturated heterocycles. The number of rotatable bonds is 2. The van der Waals surface area contributed by atoms with E-state index >= 15 is 0 Å². The van der Waals surface area contributed by atoms with Gasteiger partial charge in [0.25, 0.3) is 5.91 Å². The molecule has 0 bridgehead atoms. The van der Waals surface area contributed by atoms with Crippen LogP contribution in [-0.2, 0) is 0 Å². The van der Waals surface area contributed by atoms with Crippen LogP contribution in [0.1, 0.15) is 15.9 Å². The second-order valence-corrected chi connectivity index (χ2v) is 4.62. The van der Waals surface area contributed by atoms with Crippen molar-refractivity contribution < 1.29 is 15.0 Å². The molecule has 0 spiro atoms. The number of aliphatic hydroxyl groups is 2. The molecule has 1 aromatic rings. The zero-order chi connectivity index (χ0) is 13.3. The Labute approximate surface area is 106 Å². The zero-order valence-corrected chi connectivity index (χ0v) is 10.6. The highest BCUT2D eigenvalue weighted by atomic mass is 16.3. The largest absolute Gasteiger partial charge is 0.388 e. The summed E-state index contributed by atoms with van der Waals surface area (Å²) in [5.41, 5.74) is 2.43. The van der Waals surface area contributed by atoms with Gasteiger partial charge in [0.05, 0.1) is 12.2 Å². The molecule has 5 heteroatoms. The predicted octanol–water partition coefficient (Wildman–Crippen LogP) is 0.214. The number of amides is 1. The summed E-state index contributed by atoms with van der Waals surface area (Å²) >= 11 is 0. The molecule has 5 nitrogen and oxygen atoms in total. The fourth-order valence-electron chi connectivity index (χ4n) is 2.16. The van der Waals surface area contributed by atoms with E-state index in [1.807, 2.05) is 26.1 Å². The highest BCUT2D eigenvalue weighted by molar-refractivity contribution is 5.96. The number of anilines is 1. The van der Waals surface area contributed by atoms with Crippen LogP contribution in [0.15, 0.2) is 18.2 Å². The van der Waals surface area contributed by atoms with E-state index in [9.17, 15) is 15.0 Å². The van der Waals surface area contributed by atoms with Crippen molar-refractivity contribution in [3.8, 4) is 0 Å². The van der Waals surface area contributed by atoms with Crippen molar-refractivity contribution >= 4 is 11.6 Å². The van der Waals surface area contributed by atoms with E-state index in [1.165, 1.54) is 4.90 Å². The molecular weight excluding hydrogens is 232 g/mol. The normalized spacial score (nSPS) is 23.2. The molecule has 1 aliphatic rings. The number of nitrogens with zero attached hydrogens (tertiary/aromatic N) is 1. The summed E-state index contributed by atoms with van der Waals surface area (Å²) in [7, 11) is 1.82. The average Bonchev–Trinajstić information content (AvgIpc) is 2.68. The minimum absolute atomic E-state index is 0.147. The Morgan fingerprint density at radius 3 is 2.44 bits per heavy atom. The van der Waals surface area contributed by atoms with Gasteiger partial charge in [-0.15, -0.1) is 0 Å². The lowest BCUT2D eigenvalue weighted by Crippen LogP contribution is -2.30. The molecule has 1 amide bonds. The van der Waals surface area contributed by atoms with Gasteiger partial charge in [0, 0.05) is 31.4 Å². The lowest BCUT2D eigenvalue weighted by Gasteiger charge is -2.17. The highest BCUT2D eigenvalue weighted by Gasteiger charge is 2.33. The fourth-order valence-corrected chi connectivity index (χ4v) is 2.16. The maximum Gasteiger partial charge on any atom is 0.254 e. The molecule has 2 atom stereocenters. The summed E-state index contributed by atoms with van der Waals surface area (Å²) in [5.74, 6) is -0.147. The van der Waals surface area contributed by atoms with Crippen LogP contribution >= 0.6 is 0 Å². The molecule has 3 N–H and O–H groups in total. The average molecular weight is 250 g/mol. The van der Waals surface area contributed by atoms with Crippen LogP contribution in [0.25, 0.3) is 0 Å². The van der Waals surface area contributed by atoms with Gasteiger partial charge in [-0.25, -0.2) is 0 Å². The van der Waals surface area contributed by atoms with E-state index in [0.29, 0.717) is 5.56 Å². The molecule has 1 aromatic carbocycles. The SMILES string of the molecule is CNc1ccc(C(=O)N2CC(O)C(O)C2)c(C)c1. The number of carbonyl (C=O) groups excluding carboxylic acids is 1. The number of benzene rings is 1. The summed E-state index contributed by atoms with van der Waals surface area (Å²) in [4.78, 5) is 13.7. The molecule has 18 heavy (non-hydrogen) atoms. The number of aryl methyl sites for hydroxylation is 1. The third-order valence-corrected chi connectivity index (χ3v) is 3.29. The van der Waals surface area contributed by atoms with Gasteiger partial charge in [-0.1, -0.05) is 0 Å². The molecule has 0 aliphatic carbocycles. The van der Waals surface area contributed by atoms with E-state index in [2.05, 4.69) is 5.32 Å². The molecule has 2 rings (SSSR count). The topological polar surface area (TPSA) is 72.8 Å². The lowest BCUT2D eigenvalue weighted by molar-refractivity contribution is 0.0572. The van der Waals surface area contributed by atoms with Crippen LogP contribution < -0.4 is 5.32 Å². The Kier molecular flexibility index (Phi) is 3.54. The molecule has 2 unspecified atom stereocenters. The van der Waals surface area contributed by atoms with Gasteiger partial charge in [0.2, 0.25) is 0 Å². The van der Waals surface area contributed by atoms with Crippen molar-refractivity contribution in [2.75, 3.05) is 25.5 Å². The Morgan fingerprint density at radius 1 is 1.33 bits per heavy atom. The first-order chi connectivity index (χ1) is 8.52. The highest BCUT2D eigenvalue weighted by Crippen LogP contribution is 2.19. The van der Waals surface area contributed by atoms with E-state index in [0.717, 1.165) is 11.3 Å². The van der Waals surface area contributed by atoms with Gasteiger partial charge in [0.1, 0.15) is 0 Å². The van der Waals surface area contributed by atoms with Crippen molar-refractivity contribution in [1.29, 1.82) is 0 Å². The minimum atomic E-state index is -0.842. The van der Waals surface area contributed by atoms with Crippen molar-refractivity contribution in [3.63, 3.8) is 0 Å². The quantitative estimate of drug-likeness (QED) is 0.702. The molecule has 98 valence electrons. The molecule has 1 heterocycles. The zero-order valence-electron chi connectivity index (χ0n) is 10.6. The molecular formula is C13H18N2O3. The van der Waals surface area contributed by atoms with Crippen molar-refractivity contribution in [3.05, 3.63) is 29.3 Å². The third-order valence-electron chi connectivity index (χ3n) is 3.29. The monoisotopic (exact) mass is 250 g/mol. The number of nitrogens with one attached hydrogen (secondary N) is 1. The summed E-state index contributed by atoms with van der Waals surface area (Å²) in [6.45, 7) is 2.25. The number of β-amino-alcohol motifs (C(OH)–C–C–N with tert-alkyl or cyclic N) is 2. The van der Waals surface area contributed by atoms with Crippen LogP contribution in [0.4, 0.5) is 5.69 Å². The van der Waals surface area contributed by atoms with Crippen LogP contribution in [0, 0.1) is 6.92 Å². The van der Waals surface area contributed by atoms with Gasteiger partial charge in [-0.2, -0.15) is 0 Å². The number of aliphatic hydroxyl groups excluding tert-OH is 2. The van der Waals surface area contributed by atoms with E-state index in [1.54, 1.807) is 6.07 Å². The number of hydrogen-bond acceptors (Lipinski definition) is 4. The number of likely N-dealkylation sites (tertiary alicyclic amines) is 1. The number of carbonyl (C=O) groups is 1. The van der Waals surface area contributed by atoms with Gasteiger partial charge in [-0.05, 0) is 30.7 Å². The van der Waals surface area contributed by atoms with Gasteiger partial charge < -0.3 is 20.4 Å². The predicted molar refractivity (Wildman–Crippen MR) is 68.6 cm³/mol. The Morgan fingerprint density at radius 2 is 1.94 bits per heavy atom. The van der Waals surface area contributed by atoms with E-state index in [4.69, 9.17) is 0 Å². The van der Waals surface area contributed by atoms with Crippen LogP contribution in [-0.4, -0.2) is 53.4 Å². The molecule has 1 fully saturated rings. The summed E-state index contributed by atoms with van der Waals surface area (Å²) in [5, 5.41) is 21.9. The second kappa shape index (κ2) is 4.96.